The molecule has 2 aromatic rings. The van der Waals surface area contributed by atoms with E-state index in [1.165, 1.54) is 0 Å². The number of aromatic nitrogens is 1. The summed E-state index contributed by atoms with van der Waals surface area (Å²) in [7, 11) is 0. The molecule has 1 heterocycles. The van der Waals surface area contributed by atoms with Crippen LogP contribution in [-0.4, -0.2) is 45.9 Å². The number of hydrogen-bond donors (Lipinski definition) is 3. The van der Waals surface area contributed by atoms with Gasteiger partial charge in [0.1, 0.15) is 18.2 Å². The first kappa shape index (κ1) is 15.7. The number of nitrogens with two attached hydrogens (primary N) is 1. The Morgan fingerprint density at radius 1 is 1.38 bits per heavy atom. The summed E-state index contributed by atoms with van der Waals surface area (Å²) < 4.78 is 1.91. The number of aliphatic hydroxyl groups excluding tert-OH is 2. The molecule has 4 N–H and O–H groups in total. The lowest BCUT2D eigenvalue weighted by molar-refractivity contribution is -0.727. The molecule has 1 atom stereocenters. The zero-order valence-corrected chi connectivity index (χ0v) is 12.5. The Morgan fingerprint density at radius 2 is 2.10 bits per heavy atom. The van der Waals surface area contributed by atoms with E-state index in [1.807, 2.05) is 48.0 Å². The Bertz CT molecular complexity index is 619. The van der Waals surface area contributed by atoms with E-state index >= 15 is 0 Å². The zero-order valence-electron chi connectivity index (χ0n) is 12.5. The van der Waals surface area contributed by atoms with Gasteiger partial charge in [0.15, 0.2) is 6.29 Å². The highest BCUT2D eigenvalue weighted by molar-refractivity contribution is 5.97. The summed E-state index contributed by atoms with van der Waals surface area (Å²) >= 11 is 0. The van der Waals surface area contributed by atoms with Crippen LogP contribution in [0.1, 0.15) is 24.2 Å². The van der Waals surface area contributed by atoms with Gasteiger partial charge in [-0.3, -0.25) is 4.79 Å². The molecule has 1 aromatic carbocycles. The van der Waals surface area contributed by atoms with Crippen LogP contribution >= 0.6 is 0 Å². The normalized spacial score (nSPS) is 13.5. The molecule has 0 aliphatic carbocycles. The second-order valence-electron chi connectivity index (χ2n) is 6.11. The summed E-state index contributed by atoms with van der Waals surface area (Å²) in [5.74, 6) is 0. The number of rotatable bonds is 7. The van der Waals surface area contributed by atoms with E-state index in [4.69, 9.17) is 0 Å². The topological polar surface area (TPSA) is 79.1 Å². The van der Waals surface area contributed by atoms with Gasteiger partial charge in [0.2, 0.25) is 0 Å². The zero-order chi connectivity index (χ0) is 15.5. The molecule has 5 heteroatoms. The minimum Gasteiger partial charge on any atom is -0.390 e. The van der Waals surface area contributed by atoms with Crippen LogP contribution < -0.4 is 5.32 Å². The summed E-state index contributed by atoms with van der Waals surface area (Å²) in [6, 6.07) is 7.66. The van der Waals surface area contributed by atoms with Crippen molar-refractivity contribution >= 4 is 17.2 Å². The molecule has 0 saturated carbocycles. The van der Waals surface area contributed by atoms with Gasteiger partial charge in [0.25, 0.3) is 0 Å². The van der Waals surface area contributed by atoms with Crippen LogP contribution in [0.5, 0.6) is 0 Å². The predicted octanol–water partition coefficient (Wildman–Crippen LogP) is 0.149. The summed E-state index contributed by atoms with van der Waals surface area (Å²) in [6.45, 7) is 4.83. The summed E-state index contributed by atoms with van der Waals surface area (Å²) in [5, 5.41) is 22.2. The summed E-state index contributed by atoms with van der Waals surface area (Å²) in [4.78, 5) is 11.1. The molecule has 0 aliphatic heterocycles. The number of nitrogens with zero attached hydrogens (tertiary/aromatic N) is 1. The fourth-order valence-electron chi connectivity index (χ4n) is 2.34. The summed E-state index contributed by atoms with van der Waals surface area (Å²) in [5.41, 5.74) is 1.28. The number of carbonyl (C=O) groups excluding carboxylic acids is 1. The average Bonchev–Trinajstić information content (AvgIpc) is 2.84. The van der Waals surface area contributed by atoms with Crippen molar-refractivity contribution in [3.8, 4) is 0 Å². The van der Waals surface area contributed by atoms with Gasteiger partial charge in [-0.15, -0.1) is 0 Å². The minimum atomic E-state index is -0.550. The number of aldehydes is 1. The van der Waals surface area contributed by atoms with Crippen LogP contribution in [-0.2, 0) is 6.54 Å². The van der Waals surface area contributed by atoms with Crippen molar-refractivity contribution in [2.45, 2.75) is 32.0 Å². The van der Waals surface area contributed by atoms with Crippen LogP contribution in [0.3, 0.4) is 0 Å². The molecule has 0 saturated heterocycles. The molecule has 0 fully saturated rings. The average molecular weight is 291 g/mol. The number of fused-ring (bicyclic) bond motifs is 1. The van der Waals surface area contributed by atoms with Crippen LogP contribution in [0.15, 0.2) is 30.5 Å². The van der Waals surface area contributed by atoms with E-state index in [0.29, 0.717) is 18.7 Å². The van der Waals surface area contributed by atoms with Crippen LogP contribution in [0.2, 0.25) is 0 Å². The predicted molar refractivity (Wildman–Crippen MR) is 81.3 cm³/mol. The van der Waals surface area contributed by atoms with Gasteiger partial charge < -0.3 is 20.1 Å². The highest BCUT2D eigenvalue weighted by Gasteiger charge is 2.21. The second-order valence-corrected chi connectivity index (χ2v) is 6.11. The van der Waals surface area contributed by atoms with Crippen molar-refractivity contribution in [3.05, 3.63) is 36.0 Å². The van der Waals surface area contributed by atoms with Gasteiger partial charge in [-0.05, 0) is 19.9 Å². The molecular weight excluding hydrogens is 268 g/mol. The molecule has 0 spiro atoms. The van der Waals surface area contributed by atoms with Crippen LogP contribution in [0.4, 0.5) is 0 Å². The van der Waals surface area contributed by atoms with Crippen molar-refractivity contribution in [3.63, 3.8) is 0 Å². The van der Waals surface area contributed by atoms with E-state index in [2.05, 4.69) is 0 Å². The maximum absolute atomic E-state index is 11.1. The Labute approximate surface area is 124 Å². The standard InChI is InChI=1S/C16H22N2O3/c1-16(2,11-20)17-7-13(21)9-18-8-12(10-19)14-5-3-4-6-15(14)18/h3-6,8,10,13,17,20-21H,7,9,11H2,1-2H3/p+1/t13-/m1/s1. The quantitative estimate of drug-likeness (QED) is 0.635. The molecule has 2 rings (SSSR count). The number of hydrogen-bond acceptors (Lipinski definition) is 3. The molecule has 0 amide bonds. The highest BCUT2D eigenvalue weighted by atomic mass is 16.3. The lowest BCUT2D eigenvalue weighted by atomic mass is 10.1. The van der Waals surface area contributed by atoms with Crippen LogP contribution in [0.25, 0.3) is 10.9 Å². The SMILES string of the molecule is CC(C)(CO)[NH2+]C[C@@H](O)Cn1cc(C=O)c2ccccc21. The third-order valence-electron chi connectivity index (χ3n) is 3.70. The molecule has 21 heavy (non-hydrogen) atoms. The number of para-hydroxylation sites is 1. The van der Waals surface area contributed by atoms with Crippen molar-refractivity contribution in [1.29, 1.82) is 0 Å². The van der Waals surface area contributed by atoms with E-state index in [1.54, 1.807) is 6.20 Å². The van der Waals surface area contributed by atoms with Crippen molar-refractivity contribution in [2.24, 2.45) is 0 Å². The molecule has 114 valence electrons. The Balaban J connectivity index is 2.11. The largest absolute Gasteiger partial charge is 0.390 e. The molecule has 0 aliphatic rings. The molecule has 1 aromatic heterocycles. The third kappa shape index (κ3) is 3.69. The first-order valence-electron chi connectivity index (χ1n) is 7.13. The number of quaternary nitrogens is 1. The minimum absolute atomic E-state index is 0.0570. The van der Waals surface area contributed by atoms with Crippen molar-refractivity contribution in [1.82, 2.24) is 4.57 Å². The van der Waals surface area contributed by atoms with Crippen molar-refractivity contribution < 1.29 is 20.3 Å². The third-order valence-corrected chi connectivity index (χ3v) is 3.70. The molecule has 0 unspecified atom stereocenters. The lowest BCUT2D eigenvalue weighted by Gasteiger charge is -2.22. The van der Waals surface area contributed by atoms with Gasteiger partial charge in [0, 0.05) is 22.7 Å². The lowest BCUT2D eigenvalue weighted by Crippen LogP contribution is -2.97. The van der Waals surface area contributed by atoms with Gasteiger partial charge in [0.05, 0.1) is 13.2 Å². The van der Waals surface area contributed by atoms with Gasteiger partial charge in [-0.1, -0.05) is 18.2 Å². The molecule has 0 radical (unpaired) electrons. The number of aliphatic hydroxyl groups is 2. The van der Waals surface area contributed by atoms with Gasteiger partial charge >= 0.3 is 0 Å². The van der Waals surface area contributed by atoms with Crippen molar-refractivity contribution in [2.75, 3.05) is 13.2 Å². The second kappa shape index (κ2) is 6.39. The first-order chi connectivity index (χ1) is 9.96. The van der Waals surface area contributed by atoms with E-state index in [0.717, 1.165) is 17.2 Å². The highest BCUT2D eigenvalue weighted by Crippen LogP contribution is 2.20. The van der Waals surface area contributed by atoms with E-state index in [9.17, 15) is 15.0 Å². The fourth-order valence-corrected chi connectivity index (χ4v) is 2.34. The Hall–Kier alpha value is -1.69. The number of benzene rings is 1. The smallest absolute Gasteiger partial charge is 0.152 e. The van der Waals surface area contributed by atoms with E-state index in [-0.39, 0.29) is 12.1 Å². The Kier molecular flexibility index (Phi) is 4.77. The molecular formula is C16H23N2O3+. The van der Waals surface area contributed by atoms with Gasteiger partial charge in [-0.25, -0.2) is 0 Å². The van der Waals surface area contributed by atoms with Crippen LogP contribution in [0, 0.1) is 0 Å². The molecule has 5 nitrogen and oxygen atoms in total. The van der Waals surface area contributed by atoms with Gasteiger partial charge in [-0.2, -0.15) is 0 Å². The monoisotopic (exact) mass is 291 g/mol. The number of carbonyl (C=O) groups is 1. The maximum atomic E-state index is 11.1. The molecule has 0 bridgehead atoms. The van der Waals surface area contributed by atoms with E-state index < -0.39 is 6.10 Å². The maximum Gasteiger partial charge on any atom is 0.152 e. The first-order valence-corrected chi connectivity index (χ1v) is 7.13. The summed E-state index contributed by atoms with van der Waals surface area (Å²) in [6.07, 6.45) is 2.07. The Morgan fingerprint density at radius 3 is 2.76 bits per heavy atom. The fraction of sp³-hybridized carbons (Fsp3) is 0.438.